The maximum atomic E-state index is 12.6. The number of amides is 1. The predicted octanol–water partition coefficient (Wildman–Crippen LogP) is 25.9. The standard InChI is InChI=1S/C79H155NO5/c1-3-5-7-9-11-13-15-17-19-20-21-22-23-31-34-37-40-44-47-51-55-59-63-67-71-77(82)76(75-81)80-78(83)72-68-64-60-56-52-48-45-41-38-35-32-29-27-25-24-26-28-30-33-36-39-42-46-50-54-58-62-66-70-74-85-79(84)73-69-65-61-57-53-49-43-18-16-14-12-10-8-6-4-2/h24,26,76-77,81-82H,3-23,25,27-75H2,1-2H3,(H,80,83)/b26-24-. The molecule has 0 spiro atoms. The molecule has 3 N–H and O–H groups in total. The van der Waals surface area contributed by atoms with Crippen LogP contribution in [0.1, 0.15) is 457 Å². The van der Waals surface area contributed by atoms with Gasteiger partial charge >= 0.3 is 5.97 Å². The molecule has 0 bridgehead atoms. The van der Waals surface area contributed by atoms with Gasteiger partial charge in [-0.15, -0.1) is 0 Å². The quantitative estimate of drug-likeness (QED) is 0.0320. The highest BCUT2D eigenvalue weighted by Gasteiger charge is 2.20. The average molecular weight is 1200 g/mol. The summed E-state index contributed by atoms with van der Waals surface area (Å²) in [5, 5.41) is 23.5. The Morgan fingerprint density at radius 1 is 0.318 bits per heavy atom. The lowest BCUT2D eigenvalue weighted by atomic mass is 10.0. The number of rotatable bonds is 75. The smallest absolute Gasteiger partial charge is 0.305 e. The molecular formula is C79H155NO5. The van der Waals surface area contributed by atoms with Gasteiger partial charge in [0.1, 0.15) is 0 Å². The Labute approximate surface area is 533 Å². The van der Waals surface area contributed by atoms with Crippen molar-refractivity contribution in [2.24, 2.45) is 0 Å². The average Bonchev–Trinajstić information content (AvgIpc) is 3.51. The van der Waals surface area contributed by atoms with E-state index in [1.807, 2.05) is 0 Å². The summed E-state index contributed by atoms with van der Waals surface area (Å²) >= 11 is 0. The van der Waals surface area contributed by atoms with Crippen molar-refractivity contribution in [2.45, 2.75) is 469 Å². The van der Waals surface area contributed by atoms with E-state index in [4.69, 9.17) is 4.74 Å². The zero-order valence-electron chi connectivity index (χ0n) is 58.1. The third kappa shape index (κ3) is 71.6. The van der Waals surface area contributed by atoms with Crippen molar-refractivity contribution < 1.29 is 24.5 Å². The van der Waals surface area contributed by atoms with Crippen LogP contribution < -0.4 is 5.32 Å². The topological polar surface area (TPSA) is 95.9 Å². The Bertz CT molecular complexity index is 1290. The first-order valence-electron chi connectivity index (χ1n) is 39.4. The van der Waals surface area contributed by atoms with Gasteiger partial charge < -0.3 is 20.3 Å². The number of ether oxygens (including phenoxy) is 1. The molecule has 0 aromatic carbocycles. The van der Waals surface area contributed by atoms with E-state index < -0.39 is 12.1 Å². The molecule has 6 nitrogen and oxygen atoms in total. The van der Waals surface area contributed by atoms with E-state index in [9.17, 15) is 19.8 Å². The van der Waals surface area contributed by atoms with Gasteiger partial charge in [0, 0.05) is 12.8 Å². The van der Waals surface area contributed by atoms with Crippen molar-refractivity contribution in [3.8, 4) is 0 Å². The summed E-state index contributed by atoms with van der Waals surface area (Å²) in [5.41, 5.74) is 0. The third-order valence-electron chi connectivity index (χ3n) is 18.8. The highest BCUT2D eigenvalue weighted by Crippen LogP contribution is 2.20. The first-order valence-corrected chi connectivity index (χ1v) is 39.4. The van der Waals surface area contributed by atoms with Crippen molar-refractivity contribution in [3.63, 3.8) is 0 Å². The zero-order chi connectivity index (χ0) is 61.3. The zero-order valence-corrected chi connectivity index (χ0v) is 58.1. The van der Waals surface area contributed by atoms with Crippen molar-refractivity contribution in [1.29, 1.82) is 0 Å². The van der Waals surface area contributed by atoms with E-state index in [0.717, 1.165) is 38.5 Å². The normalized spacial score (nSPS) is 12.5. The second-order valence-electron chi connectivity index (χ2n) is 27.4. The first-order chi connectivity index (χ1) is 42.0. The molecule has 6 heteroatoms. The number of carbonyl (C=O) groups is 2. The van der Waals surface area contributed by atoms with Crippen LogP contribution in [0.15, 0.2) is 12.2 Å². The second kappa shape index (κ2) is 75.1. The Hall–Kier alpha value is -1.40. The number of hydrogen-bond donors (Lipinski definition) is 3. The number of aliphatic hydroxyl groups excluding tert-OH is 2. The maximum Gasteiger partial charge on any atom is 0.305 e. The maximum absolute atomic E-state index is 12.6. The molecule has 0 aliphatic carbocycles. The lowest BCUT2D eigenvalue weighted by Crippen LogP contribution is -2.45. The Kier molecular flexibility index (Phi) is 73.8. The SMILES string of the molecule is CCCCCCCCCCCCCCCCCCCCCCCCCCC(O)C(CO)NC(=O)CCCCCCCCCCCCCCC/C=C\CCCCCCCCCCCCCCOC(=O)CCCCCCCCCCCCCCCCC. The summed E-state index contributed by atoms with van der Waals surface area (Å²) in [6, 6.07) is -0.542. The molecular weight excluding hydrogens is 1040 g/mol. The number of allylic oxidation sites excluding steroid dienone is 2. The molecule has 506 valence electrons. The summed E-state index contributed by atoms with van der Waals surface area (Å²) < 4.78 is 5.50. The molecule has 1 amide bonds. The van der Waals surface area contributed by atoms with Gasteiger partial charge in [-0.3, -0.25) is 9.59 Å². The molecule has 0 radical (unpaired) electrons. The fourth-order valence-electron chi connectivity index (χ4n) is 12.8. The fraction of sp³-hybridized carbons (Fsp3) is 0.949. The van der Waals surface area contributed by atoms with E-state index >= 15 is 0 Å². The van der Waals surface area contributed by atoms with Crippen molar-refractivity contribution in [2.75, 3.05) is 13.2 Å². The van der Waals surface area contributed by atoms with Gasteiger partial charge in [-0.05, 0) is 51.4 Å². The minimum Gasteiger partial charge on any atom is -0.466 e. The number of aliphatic hydroxyl groups is 2. The van der Waals surface area contributed by atoms with Crippen LogP contribution in [-0.4, -0.2) is 47.4 Å². The molecule has 0 fully saturated rings. The summed E-state index contributed by atoms with van der Waals surface area (Å²) in [7, 11) is 0. The lowest BCUT2D eigenvalue weighted by molar-refractivity contribution is -0.143. The number of carbonyl (C=O) groups excluding carboxylic acids is 2. The summed E-state index contributed by atoms with van der Waals surface area (Å²) in [5.74, 6) is -0.00727. The van der Waals surface area contributed by atoms with E-state index in [1.165, 1.54) is 385 Å². The van der Waals surface area contributed by atoms with Crippen molar-refractivity contribution >= 4 is 11.9 Å². The molecule has 0 aromatic rings. The summed E-state index contributed by atoms with van der Waals surface area (Å²) in [4.78, 5) is 24.7. The van der Waals surface area contributed by atoms with Crippen LogP contribution >= 0.6 is 0 Å². The molecule has 0 saturated carbocycles. The van der Waals surface area contributed by atoms with Gasteiger partial charge in [-0.2, -0.15) is 0 Å². The molecule has 0 saturated heterocycles. The molecule has 2 atom stereocenters. The Morgan fingerprint density at radius 2 is 0.553 bits per heavy atom. The van der Waals surface area contributed by atoms with Gasteiger partial charge in [0.2, 0.25) is 5.91 Å². The van der Waals surface area contributed by atoms with Gasteiger partial charge in [0.25, 0.3) is 0 Å². The van der Waals surface area contributed by atoms with Crippen LogP contribution in [0.3, 0.4) is 0 Å². The number of hydrogen-bond acceptors (Lipinski definition) is 5. The van der Waals surface area contributed by atoms with Crippen LogP contribution in [0.25, 0.3) is 0 Å². The minimum atomic E-state index is -0.665. The molecule has 0 aromatic heterocycles. The van der Waals surface area contributed by atoms with Crippen LogP contribution in [-0.2, 0) is 14.3 Å². The van der Waals surface area contributed by atoms with E-state index in [0.29, 0.717) is 25.9 Å². The van der Waals surface area contributed by atoms with Gasteiger partial charge in [-0.1, -0.05) is 405 Å². The largest absolute Gasteiger partial charge is 0.466 e. The monoisotopic (exact) mass is 1200 g/mol. The molecule has 2 unspecified atom stereocenters. The highest BCUT2D eigenvalue weighted by atomic mass is 16.5. The van der Waals surface area contributed by atoms with Crippen LogP contribution in [0.5, 0.6) is 0 Å². The van der Waals surface area contributed by atoms with Crippen molar-refractivity contribution in [1.82, 2.24) is 5.32 Å². The van der Waals surface area contributed by atoms with Crippen LogP contribution in [0, 0.1) is 0 Å². The minimum absolute atomic E-state index is 0.0208. The van der Waals surface area contributed by atoms with Crippen LogP contribution in [0.2, 0.25) is 0 Å². The molecule has 0 aliphatic rings. The number of esters is 1. The molecule has 0 aliphatic heterocycles. The fourth-order valence-corrected chi connectivity index (χ4v) is 12.8. The molecule has 85 heavy (non-hydrogen) atoms. The van der Waals surface area contributed by atoms with Gasteiger partial charge in [-0.25, -0.2) is 0 Å². The summed E-state index contributed by atoms with van der Waals surface area (Å²) in [6.07, 6.45) is 94.4. The second-order valence-corrected chi connectivity index (χ2v) is 27.4. The van der Waals surface area contributed by atoms with Gasteiger partial charge in [0.15, 0.2) is 0 Å². The molecule has 0 heterocycles. The Morgan fingerprint density at radius 3 is 0.835 bits per heavy atom. The highest BCUT2D eigenvalue weighted by molar-refractivity contribution is 5.76. The predicted molar refractivity (Wildman–Crippen MR) is 375 cm³/mol. The van der Waals surface area contributed by atoms with E-state index in [-0.39, 0.29) is 18.5 Å². The lowest BCUT2D eigenvalue weighted by Gasteiger charge is -2.22. The van der Waals surface area contributed by atoms with E-state index in [2.05, 4.69) is 31.3 Å². The Balaban J connectivity index is 3.36. The molecule has 0 rings (SSSR count). The third-order valence-corrected chi connectivity index (χ3v) is 18.8. The van der Waals surface area contributed by atoms with Crippen LogP contribution in [0.4, 0.5) is 0 Å². The van der Waals surface area contributed by atoms with E-state index in [1.54, 1.807) is 0 Å². The first kappa shape index (κ1) is 83.6. The number of nitrogens with one attached hydrogen (secondary N) is 1. The number of unbranched alkanes of at least 4 members (excludes halogenated alkanes) is 62. The van der Waals surface area contributed by atoms with Gasteiger partial charge in [0.05, 0.1) is 25.4 Å². The summed E-state index contributed by atoms with van der Waals surface area (Å²) in [6.45, 7) is 5.01. The van der Waals surface area contributed by atoms with Crippen molar-refractivity contribution in [3.05, 3.63) is 12.2 Å².